The zero-order valence-electron chi connectivity index (χ0n) is 22.3. The first-order valence-corrected chi connectivity index (χ1v) is 13.5. The number of carbonyl (C=O) groups excluding carboxylic acids is 3. The molecule has 0 N–H and O–H groups in total. The zero-order valence-corrected chi connectivity index (χ0v) is 22.3. The van der Waals surface area contributed by atoms with Crippen molar-refractivity contribution in [1.82, 2.24) is 14.7 Å². The Morgan fingerprint density at radius 3 is 2.18 bits per heavy atom. The smallest absolute Gasteiger partial charge is 0.409 e. The van der Waals surface area contributed by atoms with E-state index in [2.05, 4.69) is 0 Å². The third-order valence-electron chi connectivity index (χ3n) is 7.57. The lowest BCUT2D eigenvalue weighted by Gasteiger charge is -2.47. The minimum Gasteiger partial charge on any atom is -0.490 e. The molecule has 1 fully saturated rings. The van der Waals surface area contributed by atoms with Crippen LogP contribution in [-0.2, 0) is 16.0 Å². The van der Waals surface area contributed by atoms with Gasteiger partial charge in [-0.25, -0.2) is 4.79 Å². The van der Waals surface area contributed by atoms with E-state index in [0.29, 0.717) is 76.0 Å². The summed E-state index contributed by atoms with van der Waals surface area (Å²) in [5.41, 5.74) is 3.31. The predicted octanol–water partition coefficient (Wildman–Crippen LogP) is 3.62. The van der Waals surface area contributed by atoms with Crippen molar-refractivity contribution in [2.45, 2.75) is 39.2 Å². The maximum Gasteiger partial charge on any atom is 0.409 e. The normalized spacial score (nSPS) is 20.3. The maximum atomic E-state index is 14.3. The fraction of sp³-hybridized carbons (Fsp3) is 0.483. The second kappa shape index (κ2) is 10.9. The molecule has 3 amide bonds. The largest absolute Gasteiger partial charge is 0.490 e. The molecule has 202 valence electrons. The van der Waals surface area contributed by atoms with Gasteiger partial charge < -0.3 is 28.9 Å². The van der Waals surface area contributed by atoms with Crippen molar-refractivity contribution in [1.29, 1.82) is 0 Å². The molecule has 0 unspecified atom stereocenters. The highest BCUT2D eigenvalue weighted by atomic mass is 16.6. The van der Waals surface area contributed by atoms with E-state index < -0.39 is 12.0 Å². The van der Waals surface area contributed by atoms with Gasteiger partial charge in [-0.2, -0.15) is 0 Å². The number of fused-ring (bicyclic) bond motifs is 4. The second-order valence-electron chi connectivity index (χ2n) is 9.63. The summed E-state index contributed by atoms with van der Waals surface area (Å²) in [4.78, 5) is 45.4. The summed E-state index contributed by atoms with van der Waals surface area (Å²) >= 11 is 0. The molecule has 2 aromatic carbocycles. The monoisotopic (exact) mass is 521 g/mol. The van der Waals surface area contributed by atoms with Crippen molar-refractivity contribution in [3.05, 3.63) is 58.7 Å². The Morgan fingerprint density at radius 2 is 1.50 bits per heavy atom. The maximum absolute atomic E-state index is 14.3. The Morgan fingerprint density at radius 1 is 0.842 bits per heavy atom. The van der Waals surface area contributed by atoms with E-state index in [1.54, 1.807) is 11.8 Å². The Hall–Kier alpha value is -3.75. The molecule has 9 heteroatoms. The van der Waals surface area contributed by atoms with Crippen LogP contribution in [0.15, 0.2) is 36.4 Å². The molecule has 0 bridgehead atoms. The summed E-state index contributed by atoms with van der Waals surface area (Å²) in [6.07, 6.45) is 0.319. The molecule has 3 aliphatic rings. The Balaban J connectivity index is 1.54. The lowest BCUT2D eigenvalue weighted by Crippen LogP contribution is -2.55. The SMILES string of the molecule is CCOC(=O)N1CCN(C(=O)[C@H]2c3ccccc3C(=O)N3CCc4cc(OCC)c(OCC)cc4[C@@H]23)CC1. The summed E-state index contributed by atoms with van der Waals surface area (Å²) < 4.78 is 16.9. The third kappa shape index (κ3) is 4.54. The minimum atomic E-state index is -0.565. The van der Waals surface area contributed by atoms with Gasteiger partial charge in [-0.15, -0.1) is 0 Å². The van der Waals surface area contributed by atoms with E-state index in [9.17, 15) is 14.4 Å². The number of amides is 3. The molecule has 9 nitrogen and oxygen atoms in total. The van der Waals surface area contributed by atoms with Crippen molar-refractivity contribution >= 4 is 17.9 Å². The third-order valence-corrected chi connectivity index (χ3v) is 7.57. The van der Waals surface area contributed by atoms with E-state index in [1.807, 2.05) is 60.0 Å². The molecule has 0 saturated carbocycles. The number of nitrogens with zero attached hydrogens (tertiary/aromatic N) is 3. The molecule has 2 aromatic rings. The van der Waals surface area contributed by atoms with Crippen LogP contribution in [0.4, 0.5) is 4.79 Å². The van der Waals surface area contributed by atoms with Gasteiger partial charge in [0.2, 0.25) is 5.91 Å². The van der Waals surface area contributed by atoms with Gasteiger partial charge in [0, 0.05) is 38.3 Å². The lowest BCUT2D eigenvalue weighted by atomic mass is 9.75. The van der Waals surface area contributed by atoms with E-state index in [0.717, 1.165) is 16.7 Å². The molecule has 0 radical (unpaired) electrons. The first-order chi connectivity index (χ1) is 18.5. The van der Waals surface area contributed by atoms with E-state index in [1.165, 1.54) is 0 Å². The number of ether oxygens (including phenoxy) is 3. The minimum absolute atomic E-state index is 0.0387. The summed E-state index contributed by atoms with van der Waals surface area (Å²) in [6, 6.07) is 10.9. The van der Waals surface area contributed by atoms with Crippen LogP contribution in [0, 0.1) is 0 Å². The lowest BCUT2D eigenvalue weighted by molar-refractivity contribution is -0.136. The van der Waals surface area contributed by atoms with Crippen molar-refractivity contribution in [2.24, 2.45) is 0 Å². The fourth-order valence-electron chi connectivity index (χ4n) is 5.86. The molecule has 0 spiro atoms. The number of carbonyl (C=O) groups is 3. The first kappa shape index (κ1) is 25.9. The van der Waals surface area contributed by atoms with Gasteiger partial charge in [-0.05, 0) is 62.1 Å². The molecule has 2 atom stereocenters. The van der Waals surface area contributed by atoms with Crippen molar-refractivity contribution in [3.8, 4) is 11.5 Å². The molecule has 0 aliphatic carbocycles. The van der Waals surface area contributed by atoms with Gasteiger partial charge in [0.15, 0.2) is 11.5 Å². The van der Waals surface area contributed by atoms with Crippen LogP contribution >= 0.6 is 0 Å². The molecule has 3 heterocycles. The topological polar surface area (TPSA) is 88.6 Å². The Labute approximate surface area is 223 Å². The summed E-state index contributed by atoms with van der Waals surface area (Å²) in [6.45, 7) is 9.11. The van der Waals surface area contributed by atoms with Gasteiger partial charge in [0.1, 0.15) is 0 Å². The highest BCUT2D eigenvalue weighted by molar-refractivity contribution is 6.01. The molecular formula is C29H35N3O6. The second-order valence-corrected chi connectivity index (χ2v) is 9.63. The van der Waals surface area contributed by atoms with Crippen molar-refractivity contribution < 1.29 is 28.6 Å². The fourth-order valence-corrected chi connectivity index (χ4v) is 5.86. The highest BCUT2D eigenvalue weighted by Crippen LogP contribution is 2.49. The molecule has 0 aromatic heterocycles. The zero-order chi connectivity index (χ0) is 26.8. The van der Waals surface area contributed by atoms with Gasteiger partial charge in [-0.1, -0.05) is 18.2 Å². The summed E-state index contributed by atoms with van der Waals surface area (Å²) in [7, 11) is 0. The van der Waals surface area contributed by atoms with Gasteiger partial charge in [0.25, 0.3) is 5.91 Å². The number of piperazine rings is 1. The van der Waals surface area contributed by atoms with E-state index in [-0.39, 0.29) is 17.9 Å². The Bertz CT molecular complexity index is 1220. The average molecular weight is 522 g/mol. The van der Waals surface area contributed by atoms with E-state index >= 15 is 0 Å². The first-order valence-electron chi connectivity index (χ1n) is 13.5. The number of benzene rings is 2. The standard InChI is InChI=1S/C29H35N3O6/c1-4-36-23-17-19-11-12-32-26(22(19)18-24(23)37-5-2)25(20-9-7-8-10-21(20)27(32)33)28(34)30-13-15-31(16-14-30)29(35)38-6-3/h7-10,17-18,25-26H,4-6,11-16H2,1-3H3/t25-,26-/m0/s1. The highest BCUT2D eigenvalue weighted by Gasteiger charge is 2.48. The van der Waals surface area contributed by atoms with Crippen LogP contribution in [0.5, 0.6) is 11.5 Å². The molecule has 5 rings (SSSR count). The van der Waals surface area contributed by atoms with Crippen LogP contribution in [0.2, 0.25) is 0 Å². The number of hydrogen-bond acceptors (Lipinski definition) is 6. The van der Waals surface area contributed by atoms with Gasteiger partial charge in [-0.3, -0.25) is 9.59 Å². The van der Waals surface area contributed by atoms with Crippen LogP contribution in [-0.4, -0.2) is 85.2 Å². The number of rotatable bonds is 6. The Kier molecular flexibility index (Phi) is 7.44. The quantitative estimate of drug-likeness (QED) is 0.577. The van der Waals surface area contributed by atoms with Crippen LogP contribution < -0.4 is 9.47 Å². The van der Waals surface area contributed by atoms with E-state index in [4.69, 9.17) is 14.2 Å². The van der Waals surface area contributed by atoms with Crippen molar-refractivity contribution in [2.75, 3.05) is 52.5 Å². The average Bonchev–Trinajstić information content (AvgIpc) is 2.94. The summed E-state index contributed by atoms with van der Waals surface area (Å²) in [5.74, 6) is 0.643. The van der Waals surface area contributed by atoms with Crippen LogP contribution in [0.1, 0.15) is 59.8 Å². The van der Waals surface area contributed by atoms with Crippen molar-refractivity contribution in [3.63, 3.8) is 0 Å². The predicted molar refractivity (Wildman–Crippen MR) is 141 cm³/mol. The molecular weight excluding hydrogens is 486 g/mol. The molecule has 3 aliphatic heterocycles. The molecule has 38 heavy (non-hydrogen) atoms. The number of hydrogen-bond donors (Lipinski definition) is 0. The molecule has 1 saturated heterocycles. The van der Waals surface area contributed by atoms with Gasteiger partial charge in [0.05, 0.1) is 31.8 Å². The van der Waals surface area contributed by atoms with Crippen LogP contribution in [0.25, 0.3) is 0 Å². The van der Waals surface area contributed by atoms with Gasteiger partial charge >= 0.3 is 6.09 Å². The van der Waals surface area contributed by atoms with Crippen LogP contribution in [0.3, 0.4) is 0 Å². The summed E-state index contributed by atoms with van der Waals surface area (Å²) in [5, 5.41) is 0.